The second-order valence-corrected chi connectivity index (χ2v) is 3.97. The molecule has 0 aliphatic carbocycles. The van der Waals surface area contributed by atoms with E-state index >= 15 is 0 Å². The predicted molar refractivity (Wildman–Crippen MR) is 78.3 cm³/mol. The third kappa shape index (κ3) is 4.02. The maximum atomic E-state index is 13.4. The molecular formula is C17H17F. The van der Waals surface area contributed by atoms with Crippen LogP contribution in [0, 0.1) is 12.7 Å². The fourth-order valence-corrected chi connectivity index (χ4v) is 1.44. The van der Waals surface area contributed by atoms with Gasteiger partial charge in [0.25, 0.3) is 0 Å². The van der Waals surface area contributed by atoms with Crippen molar-refractivity contribution in [3.63, 3.8) is 0 Å². The first-order valence-electron chi connectivity index (χ1n) is 5.66. The molecule has 0 atom stereocenters. The van der Waals surface area contributed by atoms with Crippen LogP contribution in [0.4, 0.5) is 4.39 Å². The van der Waals surface area contributed by atoms with Crippen LogP contribution in [-0.4, -0.2) is 0 Å². The Morgan fingerprint density at radius 2 is 1.83 bits per heavy atom. The fraction of sp³-hybridized carbons (Fsp3) is 0.0588. The SMILES string of the molecule is C=C/C=C\c1ccc(=C)cc(F)ccc(=C)c1C. The first-order chi connectivity index (χ1) is 8.54. The molecule has 0 saturated heterocycles. The van der Waals surface area contributed by atoms with Gasteiger partial charge in [-0.1, -0.05) is 56.2 Å². The zero-order valence-corrected chi connectivity index (χ0v) is 10.6. The van der Waals surface area contributed by atoms with Crippen molar-refractivity contribution in [1.29, 1.82) is 0 Å². The van der Waals surface area contributed by atoms with E-state index in [2.05, 4.69) is 19.7 Å². The highest BCUT2D eigenvalue weighted by Gasteiger charge is 1.91. The highest BCUT2D eigenvalue weighted by molar-refractivity contribution is 5.54. The Morgan fingerprint density at radius 3 is 2.50 bits per heavy atom. The van der Waals surface area contributed by atoms with Gasteiger partial charge in [0, 0.05) is 0 Å². The normalized spacial score (nSPS) is 10.1. The molecule has 1 aromatic rings. The summed E-state index contributed by atoms with van der Waals surface area (Å²) in [5.74, 6) is -0.330. The number of hydrogen-bond donors (Lipinski definition) is 0. The quantitative estimate of drug-likeness (QED) is 0.696. The lowest BCUT2D eigenvalue weighted by atomic mass is 10.1. The van der Waals surface area contributed by atoms with Crippen molar-refractivity contribution in [2.75, 3.05) is 0 Å². The molecule has 0 N–H and O–H groups in total. The summed E-state index contributed by atoms with van der Waals surface area (Å²) in [6.45, 7) is 13.3. The summed E-state index contributed by atoms with van der Waals surface area (Å²) in [5.41, 5.74) is 1.99. The smallest absolute Gasteiger partial charge is 0.123 e. The second-order valence-electron chi connectivity index (χ2n) is 3.97. The van der Waals surface area contributed by atoms with Crippen LogP contribution in [-0.2, 0) is 0 Å². The summed E-state index contributed by atoms with van der Waals surface area (Å²) >= 11 is 0. The molecule has 0 amide bonds. The third-order valence-corrected chi connectivity index (χ3v) is 2.57. The highest BCUT2D eigenvalue weighted by Crippen LogP contribution is 2.02. The summed E-state index contributed by atoms with van der Waals surface area (Å²) in [5, 5.41) is 1.39. The van der Waals surface area contributed by atoms with Crippen LogP contribution >= 0.6 is 0 Å². The first-order valence-corrected chi connectivity index (χ1v) is 5.66. The summed E-state index contributed by atoms with van der Waals surface area (Å²) < 4.78 is 13.4. The minimum atomic E-state index is -0.330. The van der Waals surface area contributed by atoms with Crippen LogP contribution < -0.4 is 10.4 Å². The summed E-state index contributed by atoms with van der Waals surface area (Å²) in [6, 6.07) is 8.11. The van der Waals surface area contributed by atoms with Gasteiger partial charge >= 0.3 is 0 Å². The van der Waals surface area contributed by atoms with E-state index in [4.69, 9.17) is 0 Å². The molecule has 18 heavy (non-hydrogen) atoms. The molecule has 0 aromatic heterocycles. The van der Waals surface area contributed by atoms with Crippen LogP contribution in [0.2, 0.25) is 0 Å². The van der Waals surface area contributed by atoms with Crippen molar-refractivity contribution >= 4 is 19.2 Å². The molecule has 0 aliphatic heterocycles. The molecule has 0 nitrogen and oxygen atoms in total. The van der Waals surface area contributed by atoms with Crippen molar-refractivity contribution in [2.24, 2.45) is 0 Å². The van der Waals surface area contributed by atoms with Crippen molar-refractivity contribution < 1.29 is 4.39 Å². The average molecular weight is 240 g/mol. The molecule has 1 aromatic carbocycles. The second kappa shape index (κ2) is 6.55. The largest absolute Gasteiger partial charge is 0.207 e. The van der Waals surface area contributed by atoms with Gasteiger partial charge in [-0.25, -0.2) is 4.39 Å². The van der Waals surface area contributed by atoms with Gasteiger partial charge in [0.05, 0.1) is 0 Å². The molecule has 0 radical (unpaired) electrons. The summed E-state index contributed by atoms with van der Waals surface area (Å²) in [7, 11) is 0. The van der Waals surface area contributed by atoms with E-state index in [9.17, 15) is 4.39 Å². The zero-order chi connectivity index (χ0) is 13.5. The fourth-order valence-electron chi connectivity index (χ4n) is 1.44. The van der Waals surface area contributed by atoms with Crippen LogP contribution in [0.25, 0.3) is 19.2 Å². The Balaban J connectivity index is 3.69. The van der Waals surface area contributed by atoms with E-state index in [1.54, 1.807) is 18.2 Å². The van der Waals surface area contributed by atoms with Crippen LogP contribution in [0.5, 0.6) is 0 Å². The maximum absolute atomic E-state index is 13.4. The van der Waals surface area contributed by atoms with Gasteiger partial charge in [0.1, 0.15) is 5.82 Å². The highest BCUT2D eigenvalue weighted by atomic mass is 19.1. The minimum Gasteiger partial charge on any atom is -0.207 e. The Labute approximate surface area is 107 Å². The molecule has 0 aliphatic rings. The van der Waals surface area contributed by atoms with Gasteiger partial charge in [-0.2, -0.15) is 0 Å². The van der Waals surface area contributed by atoms with Crippen LogP contribution in [0.15, 0.2) is 49.1 Å². The number of rotatable bonds is 2. The topological polar surface area (TPSA) is 0 Å². The summed E-state index contributed by atoms with van der Waals surface area (Å²) in [6.07, 6.45) is 5.50. The van der Waals surface area contributed by atoms with Gasteiger partial charge < -0.3 is 0 Å². The molecule has 92 valence electrons. The van der Waals surface area contributed by atoms with Gasteiger partial charge in [-0.3, -0.25) is 0 Å². The van der Waals surface area contributed by atoms with E-state index in [1.165, 1.54) is 12.1 Å². The van der Waals surface area contributed by atoms with Gasteiger partial charge in [-0.05, 0) is 40.6 Å². The first kappa shape index (κ1) is 13.9. The monoisotopic (exact) mass is 240 g/mol. The van der Waals surface area contributed by atoms with E-state index in [0.717, 1.165) is 16.3 Å². The number of halogens is 1. The lowest BCUT2D eigenvalue weighted by Crippen LogP contribution is -2.02. The molecule has 0 bridgehead atoms. The predicted octanol–water partition coefficient (Wildman–Crippen LogP) is 3.28. The Morgan fingerprint density at radius 1 is 1.11 bits per heavy atom. The van der Waals surface area contributed by atoms with Crippen molar-refractivity contribution in [3.05, 3.63) is 76.4 Å². The third-order valence-electron chi connectivity index (χ3n) is 2.57. The molecule has 1 heteroatoms. The van der Waals surface area contributed by atoms with Crippen LogP contribution in [0.3, 0.4) is 0 Å². The zero-order valence-electron chi connectivity index (χ0n) is 10.6. The van der Waals surface area contributed by atoms with E-state index in [1.807, 2.05) is 25.1 Å². The van der Waals surface area contributed by atoms with Crippen LogP contribution in [0.1, 0.15) is 11.1 Å². The minimum absolute atomic E-state index is 0.330. The average Bonchev–Trinajstić information content (AvgIpc) is 2.34. The molecule has 0 fully saturated rings. The van der Waals surface area contributed by atoms with E-state index in [-0.39, 0.29) is 5.82 Å². The Hall–Kier alpha value is -2.15. The van der Waals surface area contributed by atoms with Crippen molar-refractivity contribution in [2.45, 2.75) is 6.92 Å². The van der Waals surface area contributed by atoms with Crippen molar-refractivity contribution in [3.8, 4) is 0 Å². The molecule has 0 saturated carbocycles. The lowest BCUT2D eigenvalue weighted by molar-refractivity contribution is 0.628. The standard InChI is InChI=1S/C17H17F/c1-5-6-7-16-10-8-13(2)12-17(18)11-9-14(3)15(16)4/h5-12H,1-3H2,4H3/b7-6-,10-8?,11-9?,16-15?,17-12?. The molecule has 0 unspecified atom stereocenters. The summed E-state index contributed by atoms with van der Waals surface area (Å²) in [4.78, 5) is 0. The van der Waals surface area contributed by atoms with Gasteiger partial charge in [0.15, 0.2) is 0 Å². The maximum Gasteiger partial charge on any atom is 0.123 e. The van der Waals surface area contributed by atoms with E-state index in [0.29, 0.717) is 5.22 Å². The number of allylic oxidation sites excluding steroid dienone is 2. The Bertz CT molecular complexity index is 623. The van der Waals surface area contributed by atoms with Gasteiger partial charge in [-0.15, -0.1) is 0 Å². The van der Waals surface area contributed by atoms with E-state index < -0.39 is 0 Å². The Kier molecular flexibility index (Phi) is 5.06. The van der Waals surface area contributed by atoms with Gasteiger partial charge in [0.2, 0.25) is 0 Å². The number of hydrogen-bond acceptors (Lipinski definition) is 0. The molecule has 0 heterocycles. The lowest BCUT2D eigenvalue weighted by Gasteiger charge is -1.96. The molecule has 1 rings (SSSR count). The van der Waals surface area contributed by atoms with Crippen molar-refractivity contribution in [1.82, 2.24) is 0 Å². The molecular weight excluding hydrogens is 223 g/mol. The molecule has 0 spiro atoms.